The lowest BCUT2D eigenvalue weighted by Crippen LogP contribution is -2.54. The maximum atomic E-state index is 12.4. The van der Waals surface area contributed by atoms with E-state index in [-0.39, 0.29) is 23.1 Å². The van der Waals surface area contributed by atoms with E-state index in [2.05, 4.69) is 4.98 Å². The Kier molecular flexibility index (Phi) is 6.15. The summed E-state index contributed by atoms with van der Waals surface area (Å²) in [6.45, 7) is 6.60. The quantitative estimate of drug-likeness (QED) is 0.855. The number of hydrogen-bond acceptors (Lipinski definition) is 4. The van der Waals surface area contributed by atoms with Crippen molar-refractivity contribution in [3.8, 4) is 0 Å². The third-order valence-electron chi connectivity index (χ3n) is 6.19. The molecule has 2 aliphatic rings. The molecule has 0 aliphatic carbocycles. The van der Waals surface area contributed by atoms with Crippen molar-refractivity contribution < 1.29 is 14.7 Å². The van der Waals surface area contributed by atoms with E-state index in [1.807, 2.05) is 30.9 Å². The van der Waals surface area contributed by atoms with Crippen LogP contribution < -0.4 is 0 Å². The van der Waals surface area contributed by atoms with Gasteiger partial charge in [-0.2, -0.15) is 0 Å². The molecule has 2 saturated heterocycles. The Labute approximate surface area is 161 Å². The molecule has 1 spiro atoms. The van der Waals surface area contributed by atoms with E-state index in [1.165, 1.54) is 5.56 Å². The van der Waals surface area contributed by atoms with Crippen LogP contribution in [-0.2, 0) is 16.0 Å². The van der Waals surface area contributed by atoms with Crippen molar-refractivity contribution in [1.82, 2.24) is 14.8 Å². The van der Waals surface area contributed by atoms with Gasteiger partial charge in [0, 0.05) is 45.0 Å². The van der Waals surface area contributed by atoms with Crippen LogP contribution in [0.2, 0.25) is 0 Å². The second-order valence-electron chi connectivity index (χ2n) is 8.43. The van der Waals surface area contributed by atoms with E-state index in [9.17, 15) is 14.7 Å². The lowest BCUT2D eigenvalue weighted by molar-refractivity contribution is -0.148. The summed E-state index contributed by atoms with van der Waals surface area (Å²) in [5.74, 6) is 0.0223. The average Bonchev–Trinajstić information content (AvgIpc) is 2.69. The zero-order valence-corrected chi connectivity index (χ0v) is 16.4. The molecule has 0 unspecified atom stereocenters. The number of hydrogen-bond donors (Lipinski definition) is 1. The Hall–Kier alpha value is -1.95. The first kappa shape index (κ1) is 19.8. The minimum atomic E-state index is -0.913. The lowest BCUT2D eigenvalue weighted by Gasteiger charge is -2.47. The van der Waals surface area contributed by atoms with E-state index in [0.717, 1.165) is 38.8 Å². The summed E-state index contributed by atoms with van der Waals surface area (Å²) >= 11 is 0. The number of piperidine rings is 2. The number of pyridine rings is 1. The Morgan fingerprint density at radius 1 is 1.22 bits per heavy atom. The fraction of sp³-hybridized carbons (Fsp3) is 0.667. The van der Waals surface area contributed by atoms with Crippen molar-refractivity contribution in [2.24, 2.45) is 11.3 Å². The van der Waals surface area contributed by atoms with Crippen LogP contribution in [0.15, 0.2) is 24.5 Å². The molecular weight excluding hydrogens is 342 g/mol. The van der Waals surface area contributed by atoms with Crippen LogP contribution in [0, 0.1) is 11.3 Å². The smallest absolute Gasteiger partial charge is 0.251 e. The van der Waals surface area contributed by atoms with Crippen molar-refractivity contribution in [3.63, 3.8) is 0 Å². The predicted octanol–water partition coefficient (Wildman–Crippen LogP) is 1.87. The zero-order valence-electron chi connectivity index (χ0n) is 16.4. The summed E-state index contributed by atoms with van der Waals surface area (Å²) < 4.78 is 0. The molecule has 2 fully saturated rings. The summed E-state index contributed by atoms with van der Waals surface area (Å²) in [6.07, 6.45) is 6.82. The number of likely N-dealkylation sites (tertiary alicyclic amines) is 2. The van der Waals surface area contributed by atoms with Crippen molar-refractivity contribution in [3.05, 3.63) is 30.1 Å². The van der Waals surface area contributed by atoms with Gasteiger partial charge in [0.2, 0.25) is 5.91 Å². The molecule has 27 heavy (non-hydrogen) atoms. The van der Waals surface area contributed by atoms with E-state index < -0.39 is 6.10 Å². The molecule has 1 aromatic rings. The predicted molar refractivity (Wildman–Crippen MR) is 103 cm³/mol. The summed E-state index contributed by atoms with van der Waals surface area (Å²) in [6, 6.07) is 3.99. The van der Waals surface area contributed by atoms with Gasteiger partial charge in [0.25, 0.3) is 5.91 Å². The van der Waals surface area contributed by atoms with Gasteiger partial charge in [0.1, 0.15) is 6.10 Å². The van der Waals surface area contributed by atoms with Gasteiger partial charge in [0.05, 0.1) is 0 Å². The van der Waals surface area contributed by atoms with Crippen LogP contribution in [0.25, 0.3) is 0 Å². The topological polar surface area (TPSA) is 73.7 Å². The van der Waals surface area contributed by atoms with E-state index in [1.54, 1.807) is 17.3 Å². The van der Waals surface area contributed by atoms with Crippen molar-refractivity contribution in [2.75, 3.05) is 26.2 Å². The fourth-order valence-electron chi connectivity index (χ4n) is 4.20. The summed E-state index contributed by atoms with van der Waals surface area (Å²) in [5.41, 5.74) is 1.31. The van der Waals surface area contributed by atoms with Gasteiger partial charge in [-0.15, -0.1) is 0 Å². The lowest BCUT2D eigenvalue weighted by atomic mass is 9.72. The van der Waals surface area contributed by atoms with Crippen molar-refractivity contribution in [1.29, 1.82) is 0 Å². The van der Waals surface area contributed by atoms with Gasteiger partial charge in [0.15, 0.2) is 0 Å². The number of rotatable bonds is 5. The molecule has 2 aliphatic heterocycles. The molecule has 2 amide bonds. The number of carbonyl (C=O) groups is 2. The molecule has 1 atom stereocenters. The maximum Gasteiger partial charge on any atom is 0.251 e. The summed E-state index contributed by atoms with van der Waals surface area (Å²) in [7, 11) is 0. The molecule has 6 nitrogen and oxygen atoms in total. The molecule has 148 valence electrons. The highest BCUT2D eigenvalue weighted by Crippen LogP contribution is 2.40. The standard InChI is InChI=1S/C21H31N3O3/c1-16(2)19(26)20(27)23-13-8-21(9-14-23)7-3-18(25)24(15-21)12-6-17-4-10-22-11-5-17/h4-5,10-11,16,19,26H,3,6-9,12-15H2,1-2H3/t19-/m1/s1. The van der Waals surface area contributed by atoms with Gasteiger partial charge in [-0.05, 0) is 54.7 Å². The summed E-state index contributed by atoms with van der Waals surface area (Å²) in [5, 5.41) is 10.1. The van der Waals surface area contributed by atoms with Crippen LogP contribution in [-0.4, -0.2) is 64.0 Å². The highest BCUT2D eigenvalue weighted by molar-refractivity contribution is 5.81. The van der Waals surface area contributed by atoms with Crippen LogP contribution >= 0.6 is 0 Å². The first-order valence-electron chi connectivity index (χ1n) is 10.0. The van der Waals surface area contributed by atoms with Gasteiger partial charge in [-0.1, -0.05) is 13.8 Å². The van der Waals surface area contributed by atoms with Crippen LogP contribution in [0.4, 0.5) is 0 Å². The molecular formula is C21H31N3O3. The molecule has 0 radical (unpaired) electrons. The third kappa shape index (κ3) is 4.67. The second kappa shape index (κ2) is 8.38. The van der Waals surface area contributed by atoms with Crippen LogP contribution in [0.1, 0.15) is 45.1 Å². The minimum absolute atomic E-state index is 0.0654. The molecule has 6 heteroatoms. The van der Waals surface area contributed by atoms with Crippen molar-refractivity contribution >= 4 is 11.8 Å². The Bertz CT molecular complexity index is 654. The molecule has 0 aromatic carbocycles. The van der Waals surface area contributed by atoms with E-state index in [0.29, 0.717) is 19.5 Å². The number of amides is 2. The number of carbonyl (C=O) groups excluding carboxylic acids is 2. The van der Waals surface area contributed by atoms with Crippen molar-refractivity contribution in [2.45, 2.75) is 52.1 Å². The highest BCUT2D eigenvalue weighted by Gasteiger charge is 2.42. The first-order valence-corrected chi connectivity index (χ1v) is 10.0. The van der Waals surface area contributed by atoms with Crippen LogP contribution in [0.3, 0.4) is 0 Å². The summed E-state index contributed by atoms with van der Waals surface area (Å²) in [4.78, 5) is 32.6. The molecule has 0 bridgehead atoms. The molecule has 1 N–H and O–H groups in total. The average molecular weight is 373 g/mol. The Morgan fingerprint density at radius 2 is 1.89 bits per heavy atom. The zero-order chi connectivity index (χ0) is 19.4. The van der Waals surface area contributed by atoms with Gasteiger partial charge >= 0.3 is 0 Å². The number of nitrogens with zero attached hydrogens (tertiary/aromatic N) is 3. The maximum absolute atomic E-state index is 12.4. The van der Waals surface area contributed by atoms with Gasteiger partial charge in [-0.25, -0.2) is 0 Å². The third-order valence-corrected chi connectivity index (χ3v) is 6.19. The van der Waals surface area contributed by atoms with Gasteiger partial charge in [-0.3, -0.25) is 14.6 Å². The Balaban J connectivity index is 1.56. The normalized spacial score (nSPS) is 21.0. The minimum Gasteiger partial charge on any atom is -0.383 e. The fourth-order valence-corrected chi connectivity index (χ4v) is 4.20. The van der Waals surface area contributed by atoms with Crippen LogP contribution in [0.5, 0.6) is 0 Å². The first-order chi connectivity index (χ1) is 12.9. The number of aromatic nitrogens is 1. The van der Waals surface area contributed by atoms with Gasteiger partial charge < -0.3 is 14.9 Å². The second-order valence-corrected chi connectivity index (χ2v) is 8.43. The SMILES string of the molecule is CC(C)[C@@H](O)C(=O)N1CCC2(CCC(=O)N(CCc3ccncc3)C2)CC1. The number of aliphatic hydroxyl groups is 1. The molecule has 0 saturated carbocycles. The van der Waals surface area contributed by atoms with E-state index >= 15 is 0 Å². The number of aliphatic hydroxyl groups excluding tert-OH is 1. The van der Waals surface area contributed by atoms with E-state index in [4.69, 9.17) is 0 Å². The Morgan fingerprint density at radius 3 is 2.52 bits per heavy atom. The molecule has 3 heterocycles. The molecule has 3 rings (SSSR count). The monoisotopic (exact) mass is 373 g/mol. The molecule has 1 aromatic heterocycles. The largest absolute Gasteiger partial charge is 0.383 e. The highest BCUT2D eigenvalue weighted by atomic mass is 16.3.